The van der Waals surface area contributed by atoms with Crippen molar-refractivity contribution in [3.05, 3.63) is 0 Å². The summed E-state index contributed by atoms with van der Waals surface area (Å²) in [7, 11) is 4.95. The van der Waals surface area contributed by atoms with E-state index >= 15 is 0 Å². The summed E-state index contributed by atoms with van der Waals surface area (Å²) >= 11 is 0. The fraction of sp³-hybridized carbons (Fsp3) is 1.00. The third kappa shape index (κ3) is 37.3. The van der Waals surface area contributed by atoms with E-state index in [1.807, 2.05) is 6.92 Å². The van der Waals surface area contributed by atoms with Gasteiger partial charge in [-0.25, -0.2) is 0 Å². The van der Waals surface area contributed by atoms with Crippen LogP contribution in [-0.4, -0.2) is 134 Å². The van der Waals surface area contributed by atoms with Crippen molar-refractivity contribution in [2.24, 2.45) is 0 Å². The minimum atomic E-state index is 0.595. The maximum Gasteiger partial charge on any atom is 0.0701 e. The lowest BCUT2D eigenvalue weighted by Gasteiger charge is -2.06. The molecule has 0 saturated heterocycles. The highest BCUT2D eigenvalue weighted by Crippen LogP contribution is 1.83. The molecule has 0 aromatic heterocycles. The fourth-order valence-electron chi connectivity index (χ4n) is 1.77. The molecule has 0 radical (unpaired) electrons. The first kappa shape index (κ1) is 32.8. The molecule has 0 fully saturated rings. The summed E-state index contributed by atoms with van der Waals surface area (Å²) in [5, 5.41) is 0. The van der Waals surface area contributed by atoms with Gasteiger partial charge in [0.1, 0.15) is 0 Å². The van der Waals surface area contributed by atoms with Crippen molar-refractivity contribution < 1.29 is 47.4 Å². The van der Waals surface area contributed by atoms with Crippen molar-refractivity contribution in [3.63, 3.8) is 0 Å². The van der Waals surface area contributed by atoms with Crippen LogP contribution in [0.4, 0.5) is 0 Å². The molecule has 0 aromatic rings. The molecule has 0 N–H and O–H groups in total. The second kappa shape index (κ2) is 34.2. The van der Waals surface area contributed by atoms with Crippen molar-refractivity contribution in [1.82, 2.24) is 0 Å². The van der Waals surface area contributed by atoms with Crippen LogP contribution in [0.5, 0.6) is 0 Å². The smallest absolute Gasteiger partial charge is 0.0701 e. The van der Waals surface area contributed by atoms with E-state index in [1.54, 1.807) is 21.3 Å². The third-order valence-electron chi connectivity index (χ3n) is 3.36. The molecule has 190 valence electrons. The van der Waals surface area contributed by atoms with Gasteiger partial charge in [0.2, 0.25) is 0 Å². The van der Waals surface area contributed by atoms with Gasteiger partial charge < -0.3 is 47.4 Å². The summed E-state index contributed by atoms with van der Waals surface area (Å²) in [6.45, 7) is 12.5. The maximum absolute atomic E-state index is 5.29. The van der Waals surface area contributed by atoms with Gasteiger partial charge in [0.15, 0.2) is 0 Å². The molecule has 0 amide bonds. The van der Waals surface area contributed by atoms with Gasteiger partial charge in [0.05, 0.1) is 106 Å². The van der Waals surface area contributed by atoms with E-state index in [4.69, 9.17) is 47.4 Å². The molecule has 10 nitrogen and oxygen atoms in total. The lowest BCUT2D eigenvalue weighted by atomic mass is 10.7. The largest absolute Gasteiger partial charge is 0.382 e. The standard InChI is InChI=1S/C11H24O5.C10H22O5/c1-3-13-6-7-15-10-11-16-9-8-14-5-4-12-2;1-11-3-5-13-7-9-15-10-8-14-6-4-12-2/h3-11H2,1-2H3;3-10H2,1-2H3. The van der Waals surface area contributed by atoms with Gasteiger partial charge in [-0.15, -0.1) is 0 Å². The Hall–Kier alpha value is -0.400. The van der Waals surface area contributed by atoms with Gasteiger partial charge in [-0.05, 0) is 6.92 Å². The lowest BCUT2D eigenvalue weighted by molar-refractivity contribution is -0.00678. The van der Waals surface area contributed by atoms with Crippen molar-refractivity contribution in [2.45, 2.75) is 6.92 Å². The fourth-order valence-corrected chi connectivity index (χ4v) is 1.77. The van der Waals surface area contributed by atoms with Crippen LogP contribution in [0, 0.1) is 0 Å². The Morgan fingerprint density at radius 1 is 0.290 bits per heavy atom. The van der Waals surface area contributed by atoms with E-state index in [-0.39, 0.29) is 0 Å². The van der Waals surface area contributed by atoms with Gasteiger partial charge >= 0.3 is 0 Å². The molecule has 0 aliphatic heterocycles. The average molecular weight is 459 g/mol. The van der Waals surface area contributed by atoms with Crippen molar-refractivity contribution in [1.29, 1.82) is 0 Å². The molecule has 0 atom stereocenters. The van der Waals surface area contributed by atoms with Gasteiger partial charge in [-0.1, -0.05) is 0 Å². The Kier molecular flexibility index (Phi) is 36.2. The number of rotatable bonds is 25. The molecule has 10 heteroatoms. The zero-order valence-electron chi connectivity index (χ0n) is 20.1. The van der Waals surface area contributed by atoms with E-state index in [0.717, 1.165) is 6.61 Å². The van der Waals surface area contributed by atoms with Crippen LogP contribution < -0.4 is 0 Å². The topological polar surface area (TPSA) is 92.3 Å². The molecule has 0 bridgehead atoms. The molecular weight excluding hydrogens is 412 g/mol. The molecule has 0 aliphatic rings. The predicted molar refractivity (Wildman–Crippen MR) is 117 cm³/mol. The molecule has 0 rings (SSSR count). The number of hydrogen-bond donors (Lipinski definition) is 0. The van der Waals surface area contributed by atoms with Crippen LogP contribution in [-0.2, 0) is 47.4 Å². The monoisotopic (exact) mass is 458 g/mol. The zero-order valence-corrected chi connectivity index (χ0v) is 20.1. The van der Waals surface area contributed by atoms with E-state index in [1.165, 1.54) is 0 Å². The van der Waals surface area contributed by atoms with E-state index in [9.17, 15) is 0 Å². The van der Waals surface area contributed by atoms with Gasteiger partial charge in [0, 0.05) is 27.9 Å². The SMILES string of the molecule is CCOCCOCCOCCOCCOC.COCCOCCOCCOCCOC. The van der Waals surface area contributed by atoms with Crippen molar-refractivity contribution in [3.8, 4) is 0 Å². The number of methoxy groups -OCH3 is 3. The van der Waals surface area contributed by atoms with Crippen LogP contribution in [0.1, 0.15) is 6.92 Å². The molecule has 0 heterocycles. The summed E-state index contributed by atoms with van der Waals surface area (Å²) in [6.07, 6.45) is 0. The second-order valence-electron chi connectivity index (χ2n) is 5.85. The molecule has 0 aliphatic carbocycles. The number of ether oxygens (including phenoxy) is 10. The van der Waals surface area contributed by atoms with Crippen LogP contribution in [0.2, 0.25) is 0 Å². The third-order valence-corrected chi connectivity index (χ3v) is 3.36. The first-order valence-corrected chi connectivity index (χ1v) is 10.8. The Balaban J connectivity index is 0. The van der Waals surface area contributed by atoms with Crippen LogP contribution >= 0.6 is 0 Å². The Morgan fingerprint density at radius 2 is 0.484 bits per heavy atom. The zero-order chi connectivity index (χ0) is 23.1. The molecule has 0 spiro atoms. The molecular formula is C21H46O10. The highest BCUT2D eigenvalue weighted by atomic mass is 16.6. The Labute approximate surface area is 188 Å². The molecule has 0 saturated carbocycles. The summed E-state index contributed by atoms with van der Waals surface area (Å²) in [5.74, 6) is 0. The highest BCUT2D eigenvalue weighted by molar-refractivity contribution is 4.35. The average Bonchev–Trinajstić information content (AvgIpc) is 2.79. The Morgan fingerprint density at radius 3 is 0.677 bits per heavy atom. The Bertz CT molecular complexity index is 259. The van der Waals surface area contributed by atoms with Gasteiger partial charge in [0.25, 0.3) is 0 Å². The first-order valence-electron chi connectivity index (χ1n) is 10.8. The van der Waals surface area contributed by atoms with Crippen LogP contribution in [0.3, 0.4) is 0 Å². The van der Waals surface area contributed by atoms with Gasteiger partial charge in [-0.2, -0.15) is 0 Å². The van der Waals surface area contributed by atoms with Crippen molar-refractivity contribution >= 4 is 0 Å². The van der Waals surface area contributed by atoms with E-state index in [0.29, 0.717) is 106 Å². The lowest BCUT2D eigenvalue weighted by Crippen LogP contribution is -2.12. The highest BCUT2D eigenvalue weighted by Gasteiger charge is 1.92. The molecule has 31 heavy (non-hydrogen) atoms. The maximum atomic E-state index is 5.29. The number of hydrogen-bond acceptors (Lipinski definition) is 10. The first-order chi connectivity index (χ1) is 15.3. The quantitative estimate of drug-likeness (QED) is 0.185. The summed E-state index contributed by atoms with van der Waals surface area (Å²) in [5.41, 5.74) is 0. The molecule has 0 unspecified atom stereocenters. The second-order valence-corrected chi connectivity index (χ2v) is 5.85. The van der Waals surface area contributed by atoms with Crippen molar-refractivity contribution in [2.75, 3.05) is 134 Å². The minimum absolute atomic E-state index is 0.595. The summed E-state index contributed by atoms with van der Waals surface area (Å²) in [4.78, 5) is 0. The van der Waals surface area contributed by atoms with Crippen LogP contribution in [0.25, 0.3) is 0 Å². The summed E-state index contributed by atoms with van der Waals surface area (Å²) < 4.78 is 51.1. The minimum Gasteiger partial charge on any atom is -0.382 e. The predicted octanol–water partition coefficient (Wildman–Crippen LogP) is 1.05. The summed E-state index contributed by atoms with van der Waals surface area (Å²) in [6, 6.07) is 0. The van der Waals surface area contributed by atoms with E-state index < -0.39 is 0 Å². The molecule has 0 aromatic carbocycles. The normalized spacial score (nSPS) is 10.8. The van der Waals surface area contributed by atoms with Gasteiger partial charge in [-0.3, -0.25) is 0 Å². The van der Waals surface area contributed by atoms with E-state index in [2.05, 4.69) is 0 Å². The van der Waals surface area contributed by atoms with Crippen LogP contribution in [0.15, 0.2) is 0 Å².